The third-order valence-corrected chi connectivity index (χ3v) is 2.33. The number of esters is 1. The molecule has 74 valence electrons. The van der Waals surface area contributed by atoms with E-state index >= 15 is 0 Å². The van der Waals surface area contributed by atoms with Gasteiger partial charge in [-0.05, 0) is 28.1 Å². The minimum absolute atomic E-state index is 0.298. The molecule has 4 nitrogen and oxygen atoms in total. The molecule has 0 aromatic carbocycles. The van der Waals surface area contributed by atoms with Gasteiger partial charge >= 0.3 is 5.97 Å². The first-order valence-electron chi connectivity index (χ1n) is 4.20. The highest BCUT2D eigenvalue weighted by Gasteiger charge is 2.28. The van der Waals surface area contributed by atoms with Gasteiger partial charge in [0, 0.05) is 6.42 Å². The second-order valence-corrected chi connectivity index (χ2v) is 3.69. The number of hydrogen-bond donors (Lipinski definition) is 0. The summed E-state index contributed by atoms with van der Waals surface area (Å²) < 4.78 is 10.9. The Morgan fingerprint density at radius 3 is 3.00 bits per heavy atom. The first-order chi connectivity index (χ1) is 6.75. The molecule has 0 N–H and O–H groups in total. The lowest BCUT2D eigenvalue weighted by Gasteiger charge is -2.08. The van der Waals surface area contributed by atoms with Crippen molar-refractivity contribution in [2.24, 2.45) is 0 Å². The van der Waals surface area contributed by atoms with Crippen molar-refractivity contribution in [3.63, 3.8) is 0 Å². The van der Waals surface area contributed by atoms with Crippen LogP contribution in [0.3, 0.4) is 0 Å². The third-order valence-electron chi connectivity index (χ3n) is 1.87. The van der Waals surface area contributed by atoms with Crippen molar-refractivity contribution in [2.45, 2.75) is 12.5 Å². The van der Waals surface area contributed by atoms with Crippen molar-refractivity contribution in [2.75, 3.05) is 6.61 Å². The van der Waals surface area contributed by atoms with Crippen molar-refractivity contribution in [1.29, 1.82) is 0 Å². The normalized spacial score (nSPS) is 20.6. The van der Waals surface area contributed by atoms with Crippen LogP contribution in [0.1, 0.15) is 6.42 Å². The first kappa shape index (κ1) is 9.45. The molecule has 2 rings (SSSR count). The fourth-order valence-corrected chi connectivity index (χ4v) is 1.42. The van der Waals surface area contributed by atoms with Gasteiger partial charge < -0.3 is 9.47 Å². The van der Waals surface area contributed by atoms with Gasteiger partial charge in [0.25, 0.3) is 0 Å². The molecule has 1 saturated heterocycles. The maximum atomic E-state index is 11.1. The molecule has 0 bridgehead atoms. The predicted octanol–water partition coefficient (Wildman–Crippen LogP) is 1.54. The Morgan fingerprint density at radius 2 is 2.43 bits per heavy atom. The maximum Gasteiger partial charge on any atom is 0.347 e. The van der Waals surface area contributed by atoms with Crippen LogP contribution in [0.15, 0.2) is 22.9 Å². The zero-order valence-electron chi connectivity index (χ0n) is 7.27. The predicted molar refractivity (Wildman–Crippen MR) is 51.9 cm³/mol. The van der Waals surface area contributed by atoms with E-state index in [4.69, 9.17) is 9.47 Å². The highest BCUT2D eigenvalue weighted by Crippen LogP contribution is 2.18. The number of cyclic esters (lactones) is 1. The Balaban J connectivity index is 2.03. The topological polar surface area (TPSA) is 48.4 Å². The number of carbonyl (C=O) groups is 1. The summed E-state index contributed by atoms with van der Waals surface area (Å²) in [5.74, 6) is 0.282. The molecule has 1 aromatic rings. The van der Waals surface area contributed by atoms with E-state index in [-0.39, 0.29) is 5.97 Å². The van der Waals surface area contributed by atoms with Gasteiger partial charge in [0.05, 0.1) is 12.8 Å². The van der Waals surface area contributed by atoms with E-state index in [9.17, 15) is 4.79 Å². The lowest BCUT2D eigenvalue weighted by atomic mass is 10.3. The highest BCUT2D eigenvalue weighted by molar-refractivity contribution is 9.10. The molecule has 0 saturated carbocycles. The van der Waals surface area contributed by atoms with Crippen LogP contribution in [-0.4, -0.2) is 23.7 Å². The number of aromatic nitrogens is 1. The number of ether oxygens (including phenoxy) is 2. The van der Waals surface area contributed by atoms with Crippen LogP contribution in [0.2, 0.25) is 0 Å². The van der Waals surface area contributed by atoms with Crippen LogP contribution < -0.4 is 4.74 Å². The molecule has 1 atom stereocenters. The monoisotopic (exact) mass is 257 g/mol. The lowest BCUT2D eigenvalue weighted by molar-refractivity contribution is -0.143. The summed E-state index contributed by atoms with van der Waals surface area (Å²) in [5.41, 5.74) is 0. The van der Waals surface area contributed by atoms with Gasteiger partial charge in [0.1, 0.15) is 10.4 Å². The fourth-order valence-electron chi connectivity index (χ4n) is 1.18. The largest absolute Gasteiger partial charge is 0.477 e. The summed E-state index contributed by atoms with van der Waals surface area (Å²) >= 11 is 3.21. The van der Waals surface area contributed by atoms with Gasteiger partial charge in [-0.15, -0.1) is 0 Å². The van der Waals surface area contributed by atoms with E-state index in [1.807, 2.05) is 0 Å². The summed E-state index contributed by atoms with van der Waals surface area (Å²) in [4.78, 5) is 15.1. The molecule has 1 fully saturated rings. The third kappa shape index (κ3) is 2.04. The second kappa shape index (κ2) is 3.96. The molecule has 0 amide bonds. The molecule has 2 heterocycles. The highest BCUT2D eigenvalue weighted by atomic mass is 79.9. The molecule has 0 radical (unpaired) electrons. The van der Waals surface area contributed by atoms with Crippen molar-refractivity contribution in [3.05, 3.63) is 22.9 Å². The molecule has 1 unspecified atom stereocenters. The van der Waals surface area contributed by atoms with Gasteiger partial charge in [0.2, 0.25) is 0 Å². The van der Waals surface area contributed by atoms with Crippen LogP contribution in [0, 0.1) is 0 Å². The average molecular weight is 258 g/mol. The standard InChI is InChI=1S/C9H8BrNO3/c10-8-2-1-6(5-11-8)14-7-3-4-13-9(7)12/h1-2,5,7H,3-4H2. The van der Waals surface area contributed by atoms with E-state index in [2.05, 4.69) is 20.9 Å². The van der Waals surface area contributed by atoms with Crippen LogP contribution >= 0.6 is 15.9 Å². The Labute approximate surface area is 89.4 Å². The van der Waals surface area contributed by atoms with Crippen LogP contribution in [0.25, 0.3) is 0 Å². The SMILES string of the molecule is O=C1OCCC1Oc1ccc(Br)nc1. The minimum Gasteiger partial charge on any atom is -0.477 e. The number of pyridine rings is 1. The number of halogens is 1. The molecule has 1 aliphatic heterocycles. The Bertz CT molecular complexity index is 338. The zero-order chi connectivity index (χ0) is 9.97. The minimum atomic E-state index is -0.474. The molecule has 1 aliphatic rings. The fraction of sp³-hybridized carbons (Fsp3) is 0.333. The smallest absolute Gasteiger partial charge is 0.347 e. The summed E-state index contributed by atoms with van der Waals surface area (Å²) in [7, 11) is 0. The average Bonchev–Trinajstić information content (AvgIpc) is 2.56. The second-order valence-electron chi connectivity index (χ2n) is 2.88. The number of hydrogen-bond acceptors (Lipinski definition) is 4. The molecule has 14 heavy (non-hydrogen) atoms. The molecular formula is C9H8BrNO3. The lowest BCUT2D eigenvalue weighted by Crippen LogP contribution is -2.21. The van der Waals surface area contributed by atoms with Crippen molar-refractivity contribution < 1.29 is 14.3 Å². The molecule has 0 aliphatic carbocycles. The van der Waals surface area contributed by atoms with Crippen molar-refractivity contribution >= 4 is 21.9 Å². The number of rotatable bonds is 2. The Hall–Kier alpha value is -1.10. The number of carbonyl (C=O) groups excluding carboxylic acids is 1. The van der Waals surface area contributed by atoms with Crippen LogP contribution in [-0.2, 0) is 9.53 Å². The van der Waals surface area contributed by atoms with E-state index in [0.29, 0.717) is 18.8 Å². The van der Waals surface area contributed by atoms with E-state index in [1.165, 1.54) is 0 Å². The number of nitrogens with zero attached hydrogens (tertiary/aromatic N) is 1. The van der Waals surface area contributed by atoms with Crippen molar-refractivity contribution in [3.8, 4) is 5.75 Å². The Morgan fingerprint density at radius 1 is 1.57 bits per heavy atom. The molecule has 1 aromatic heterocycles. The van der Waals surface area contributed by atoms with Gasteiger partial charge in [-0.1, -0.05) is 0 Å². The van der Waals surface area contributed by atoms with Crippen LogP contribution in [0.5, 0.6) is 5.75 Å². The maximum absolute atomic E-state index is 11.1. The van der Waals surface area contributed by atoms with Gasteiger partial charge in [-0.2, -0.15) is 0 Å². The molecular weight excluding hydrogens is 250 g/mol. The molecule has 5 heteroatoms. The summed E-state index contributed by atoms with van der Waals surface area (Å²) in [6.07, 6.45) is 1.70. The summed E-state index contributed by atoms with van der Waals surface area (Å²) in [6.45, 7) is 0.438. The van der Waals surface area contributed by atoms with E-state index in [0.717, 1.165) is 4.60 Å². The van der Waals surface area contributed by atoms with Gasteiger partial charge in [-0.25, -0.2) is 9.78 Å². The molecule has 0 spiro atoms. The van der Waals surface area contributed by atoms with Crippen LogP contribution in [0.4, 0.5) is 0 Å². The quantitative estimate of drug-likeness (QED) is 0.596. The van der Waals surface area contributed by atoms with Gasteiger partial charge in [0.15, 0.2) is 6.10 Å². The Kier molecular flexibility index (Phi) is 2.67. The first-order valence-corrected chi connectivity index (χ1v) is 5.00. The van der Waals surface area contributed by atoms with Crippen molar-refractivity contribution in [1.82, 2.24) is 4.98 Å². The summed E-state index contributed by atoms with van der Waals surface area (Å²) in [6, 6.07) is 3.51. The van der Waals surface area contributed by atoms with Gasteiger partial charge in [-0.3, -0.25) is 0 Å². The zero-order valence-corrected chi connectivity index (χ0v) is 8.86. The van der Waals surface area contributed by atoms with E-state index in [1.54, 1.807) is 18.3 Å². The van der Waals surface area contributed by atoms with E-state index < -0.39 is 6.10 Å². The summed E-state index contributed by atoms with van der Waals surface area (Å²) in [5, 5.41) is 0.